The second kappa shape index (κ2) is 5.30. The molecular weight excluding hydrogens is 357 g/mol. The zero-order chi connectivity index (χ0) is 16.2. The largest absolute Gasteiger partial charge is 0.326 e. The summed E-state index contributed by atoms with van der Waals surface area (Å²) in [7, 11) is 0. The third-order valence-corrected chi connectivity index (χ3v) is 7.03. The lowest BCUT2D eigenvalue weighted by Gasteiger charge is -2.60. The molecule has 4 fully saturated rings. The monoisotopic (exact) mass is 379 g/mol. The maximum absolute atomic E-state index is 13.6. The Balaban J connectivity index is 1.47. The number of hydrogen-bond acceptors (Lipinski definition) is 1. The van der Waals surface area contributed by atoms with Crippen molar-refractivity contribution in [2.24, 2.45) is 17.3 Å². The molecule has 4 bridgehead atoms. The molecule has 0 aromatic heterocycles. The van der Waals surface area contributed by atoms with Crippen molar-refractivity contribution in [3.8, 4) is 0 Å². The van der Waals surface area contributed by atoms with Crippen molar-refractivity contribution in [2.45, 2.75) is 56.2 Å². The van der Waals surface area contributed by atoms with E-state index in [-0.39, 0.29) is 21.5 Å². The number of benzene rings is 1. The number of aryl methyl sites for hydroxylation is 1. The molecular formula is C19H23BrFNO. The van der Waals surface area contributed by atoms with Crippen LogP contribution in [0.1, 0.15) is 50.5 Å². The minimum absolute atomic E-state index is 0.0336. The Hall–Kier alpha value is -0.900. The fraction of sp³-hybridized carbons (Fsp3) is 0.632. The number of hydrogen-bond donors (Lipinski definition) is 1. The van der Waals surface area contributed by atoms with Crippen LogP contribution in [0, 0.1) is 30.0 Å². The SMILES string of the molecule is Cc1ccc(NC(=O)CC23C[C@@H]4C[C@@H](CC(Br)(C4)C2)C3)cc1F. The average Bonchev–Trinajstić information content (AvgIpc) is 2.39. The van der Waals surface area contributed by atoms with Gasteiger partial charge in [-0.05, 0) is 80.4 Å². The minimum Gasteiger partial charge on any atom is -0.326 e. The van der Waals surface area contributed by atoms with Crippen LogP contribution >= 0.6 is 15.9 Å². The van der Waals surface area contributed by atoms with Gasteiger partial charge in [-0.3, -0.25) is 4.79 Å². The van der Waals surface area contributed by atoms with Crippen molar-refractivity contribution < 1.29 is 9.18 Å². The molecule has 23 heavy (non-hydrogen) atoms. The summed E-state index contributed by atoms with van der Waals surface area (Å²) < 4.78 is 13.9. The van der Waals surface area contributed by atoms with E-state index in [4.69, 9.17) is 0 Å². The van der Waals surface area contributed by atoms with E-state index < -0.39 is 0 Å². The van der Waals surface area contributed by atoms with Crippen LogP contribution < -0.4 is 5.32 Å². The highest BCUT2D eigenvalue weighted by Crippen LogP contribution is 2.65. The quantitative estimate of drug-likeness (QED) is 0.718. The molecule has 1 aromatic rings. The molecule has 4 aliphatic carbocycles. The standard InChI is InChI=1S/C19H23BrFNO/c1-12-2-3-15(5-16(12)21)22-17(23)10-18-6-13-4-14(7-18)9-19(20,8-13)11-18/h2-3,5,13-14H,4,6-11H2,1H3,(H,22,23)/t13-,14+,18?,19?. The Kier molecular flexibility index (Phi) is 3.60. The fourth-order valence-corrected chi connectivity index (χ4v) is 7.27. The molecule has 0 aliphatic heterocycles. The fourth-order valence-electron chi connectivity index (χ4n) is 5.76. The van der Waals surface area contributed by atoms with Crippen LogP contribution in [0.15, 0.2) is 18.2 Å². The molecule has 0 heterocycles. The topological polar surface area (TPSA) is 29.1 Å². The first-order chi connectivity index (χ1) is 10.8. The van der Waals surface area contributed by atoms with Crippen LogP contribution in [0.2, 0.25) is 0 Å². The molecule has 124 valence electrons. The van der Waals surface area contributed by atoms with Crippen molar-refractivity contribution in [3.63, 3.8) is 0 Å². The molecule has 4 aliphatic rings. The van der Waals surface area contributed by atoms with Gasteiger partial charge < -0.3 is 5.32 Å². The number of nitrogens with one attached hydrogen (secondary N) is 1. The number of alkyl halides is 1. The molecule has 5 rings (SSSR count). The molecule has 4 saturated carbocycles. The molecule has 4 heteroatoms. The number of rotatable bonds is 3. The van der Waals surface area contributed by atoms with Crippen molar-refractivity contribution in [3.05, 3.63) is 29.6 Å². The summed E-state index contributed by atoms with van der Waals surface area (Å²) in [6.45, 7) is 1.73. The van der Waals surface area contributed by atoms with Gasteiger partial charge in [0, 0.05) is 16.4 Å². The Morgan fingerprint density at radius 2 is 2.00 bits per heavy atom. The second-order valence-corrected chi connectivity index (χ2v) is 9.98. The molecule has 1 amide bonds. The molecule has 0 spiro atoms. The van der Waals surface area contributed by atoms with Crippen molar-refractivity contribution in [1.82, 2.24) is 0 Å². The number of halogens is 2. The van der Waals surface area contributed by atoms with Crippen molar-refractivity contribution in [2.75, 3.05) is 5.32 Å². The zero-order valence-corrected chi connectivity index (χ0v) is 15.1. The maximum atomic E-state index is 13.6. The predicted molar refractivity (Wildman–Crippen MR) is 93.2 cm³/mol. The summed E-state index contributed by atoms with van der Waals surface area (Å²) in [6.07, 6.45) is 7.95. The van der Waals surface area contributed by atoms with Crippen LogP contribution in [-0.2, 0) is 4.79 Å². The molecule has 4 atom stereocenters. The number of anilines is 1. The first-order valence-corrected chi connectivity index (χ1v) is 9.39. The van der Waals surface area contributed by atoms with Gasteiger partial charge >= 0.3 is 0 Å². The van der Waals surface area contributed by atoms with Gasteiger partial charge in [0.15, 0.2) is 0 Å². The Morgan fingerprint density at radius 3 is 2.61 bits per heavy atom. The molecule has 2 unspecified atom stereocenters. The lowest BCUT2D eigenvalue weighted by molar-refractivity contribution is -0.123. The van der Waals surface area contributed by atoms with Gasteiger partial charge in [0.25, 0.3) is 0 Å². The van der Waals surface area contributed by atoms with Gasteiger partial charge in [0.05, 0.1) is 0 Å². The second-order valence-electron chi connectivity index (χ2n) is 8.30. The smallest absolute Gasteiger partial charge is 0.224 e. The number of amides is 1. The third-order valence-electron chi connectivity index (χ3n) is 6.10. The summed E-state index contributed by atoms with van der Waals surface area (Å²) in [5.41, 5.74) is 1.32. The summed E-state index contributed by atoms with van der Waals surface area (Å²) in [6, 6.07) is 4.91. The van der Waals surface area contributed by atoms with E-state index in [2.05, 4.69) is 21.2 Å². The van der Waals surface area contributed by atoms with Gasteiger partial charge in [-0.25, -0.2) is 4.39 Å². The maximum Gasteiger partial charge on any atom is 0.224 e. The number of carbonyl (C=O) groups is 1. The van der Waals surface area contributed by atoms with Crippen LogP contribution in [0.25, 0.3) is 0 Å². The molecule has 1 aromatic carbocycles. The first-order valence-electron chi connectivity index (χ1n) is 8.60. The number of carbonyl (C=O) groups excluding carboxylic acids is 1. The lowest BCUT2D eigenvalue weighted by Crippen LogP contribution is -2.53. The molecule has 2 nitrogen and oxygen atoms in total. The van der Waals surface area contributed by atoms with Gasteiger partial charge in [-0.1, -0.05) is 22.0 Å². The average molecular weight is 380 g/mol. The van der Waals surface area contributed by atoms with E-state index in [1.54, 1.807) is 19.1 Å². The molecule has 0 radical (unpaired) electrons. The molecule has 1 N–H and O–H groups in total. The van der Waals surface area contributed by atoms with Gasteiger partial charge in [0.1, 0.15) is 5.82 Å². The van der Waals surface area contributed by atoms with Crippen molar-refractivity contribution in [1.29, 1.82) is 0 Å². The van der Waals surface area contributed by atoms with E-state index in [0.29, 0.717) is 17.7 Å². The molecule has 0 saturated heterocycles. The van der Waals surface area contributed by atoms with E-state index in [9.17, 15) is 9.18 Å². The third kappa shape index (κ3) is 2.95. The van der Waals surface area contributed by atoms with Crippen LogP contribution in [-0.4, -0.2) is 10.2 Å². The highest BCUT2D eigenvalue weighted by Gasteiger charge is 2.57. The van der Waals surface area contributed by atoms with E-state index in [1.807, 2.05) is 0 Å². The van der Waals surface area contributed by atoms with E-state index >= 15 is 0 Å². The van der Waals surface area contributed by atoms with Crippen LogP contribution in [0.3, 0.4) is 0 Å². The van der Waals surface area contributed by atoms with Crippen LogP contribution in [0.5, 0.6) is 0 Å². The van der Waals surface area contributed by atoms with Crippen molar-refractivity contribution >= 4 is 27.5 Å². The Morgan fingerprint density at radius 1 is 1.30 bits per heavy atom. The highest BCUT2D eigenvalue weighted by molar-refractivity contribution is 9.10. The van der Waals surface area contributed by atoms with Gasteiger partial charge in [0.2, 0.25) is 5.91 Å². The Bertz CT molecular complexity index is 645. The van der Waals surface area contributed by atoms with Gasteiger partial charge in [-0.15, -0.1) is 0 Å². The Labute approximate surface area is 145 Å². The highest BCUT2D eigenvalue weighted by atomic mass is 79.9. The lowest BCUT2D eigenvalue weighted by atomic mass is 9.48. The van der Waals surface area contributed by atoms with E-state index in [0.717, 1.165) is 18.3 Å². The van der Waals surface area contributed by atoms with E-state index in [1.165, 1.54) is 38.2 Å². The summed E-state index contributed by atoms with van der Waals surface area (Å²) >= 11 is 3.99. The normalized spacial score (nSPS) is 37.9. The summed E-state index contributed by atoms with van der Waals surface area (Å²) in [5, 5.41) is 2.90. The first kappa shape index (κ1) is 15.6. The predicted octanol–water partition coefficient (Wildman–Crippen LogP) is 5.20. The minimum atomic E-state index is -0.267. The zero-order valence-electron chi connectivity index (χ0n) is 13.5. The van der Waals surface area contributed by atoms with Gasteiger partial charge in [-0.2, -0.15) is 0 Å². The summed E-state index contributed by atoms with van der Waals surface area (Å²) in [5.74, 6) is 1.32. The van der Waals surface area contributed by atoms with Crippen LogP contribution in [0.4, 0.5) is 10.1 Å². The summed E-state index contributed by atoms with van der Waals surface area (Å²) in [4.78, 5) is 12.5.